The molecule has 0 aliphatic carbocycles. The lowest BCUT2D eigenvalue weighted by Crippen LogP contribution is -1.99. The van der Waals surface area contributed by atoms with Crippen molar-refractivity contribution in [1.82, 2.24) is 0 Å². The second kappa shape index (κ2) is 6.00. The van der Waals surface area contributed by atoms with Gasteiger partial charge in [0.05, 0.1) is 6.61 Å². The Bertz CT molecular complexity index is 538. The second-order valence-electron chi connectivity index (χ2n) is 4.12. The predicted octanol–water partition coefficient (Wildman–Crippen LogP) is 3.11. The molecule has 4 heteroatoms. The number of anilines is 1. The number of benzene rings is 2. The predicted molar refractivity (Wildman–Crippen MR) is 74.7 cm³/mol. The van der Waals surface area contributed by atoms with Gasteiger partial charge in [0.15, 0.2) is 0 Å². The van der Waals surface area contributed by atoms with Crippen molar-refractivity contribution in [3.8, 4) is 17.2 Å². The Morgan fingerprint density at radius 1 is 1.05 bits per heavy atom. The minimum Gasteiger partial charge on any atom is -0.508 e. The standard InChI is InChI=1S/C15H17NO3/c1-2-19-14-7-4-12(5-8-14)16-10-11-3-6-13(17)9-15(11)18/h3-9,16-18H,2,10H2,1H3. The highest BCUT2D eigenvalue weighted by atomic mass is 16.5. The molecule has 0 atom stereocenters. The molecule has 0 heterocycles. The molecule has 0 amide bonds. The molecule has 0 unspecified atom stereocenters. The first-order valence-corrected chi connectivity index (χ1v) is 6.16. The van der Waals surface area contributed by atoms with Crippen LogP contribution >= 0.6 is 0 Å². The maximum Gasteiger partial charge on any atom is 0.124 e. The van der Waals surface area contributed by atoms with E-state index in [0.29, 0.717) is 13.2 Å². The van der Waals surface area contributed by atoms with Crippen LogP contribution in [0.4, 0.5) is 5.69 Å². The van der Waals surface area contributed by atoms with E-state index in [1.54, 1.807) is 12.1 Å². The van der Waals surface area contributed by atoms with Crippen LogP contribution in [0.2, 0.25) is 0 Å². The number of ether oxygens (including phenoxy) is 1. The Morgan fingerprint density at radius 2 is 1.79 bits per heavy atom. The van der Waals surface area contributed by atoms with Gasteiger partial charge in [-0.15, -0.1) is 0 Å². The number of phenolic OH excluding ortho intramolecular Hbond substituents is 2. The molecule has 0 fully saturated rings. The highest BCUT2D eigenvalue weighted by Crippen LogP contribution is 2.24. The summed E-state index contributed by atoms with van der Waals surface area (Å²) in [5.74, 6) is 0.973. The topological polar surface area (TPSA) is 61.7 Å². The molecule has 0 saturated carbocycles. The summed E-state index contributed by atoms with van der Waals surface area (Å²) in [5, 5.41) is 22.1. The van der Waals surface area contributed by atoms with E-state index in [9.17, 15) is 10.2 Å². The number of phenols is 2. The van der Waals surface area contributed by atoms with Crippen LogP contribution in [0, 0.1) is 0 Å². The molecule has 2 aromatic carbocycles. The monoisotopic (exact) mass is 259 g/mol. The molecule has 3 N–H and O–H groups in total. The fourth-order valence-corrected chi connectivity index (χ4v) is 1.73. The van der Waals surface area contributed by atoms with Crippen LogP contribution in [0.25, 0.3) is 0 Å². The lowest BCUT2D eigenvalue weighted by atomic mass is 10.2. The van der Waals surface area contributed by atoms with E-state index in [0.717, 1.165) is 17.0 Å². The fourth-order valence-electron chi connectivity index (χ4n) is 1.73. The van der Waals surface area contributed by atoms with E-state index in [4.69, 9.17) is 4.74 Å². The number of hydrogen-bond acceptors (Lipinski definition) is 4. The second-order valence-corrected chi connectivity index (χ2v) is 4.12. The Balaban J connectivity index is 1.98. The summed E-state index contributed by atoms with van der Waals surface area (Å²) in [6.45, 7) is 3.08. The fraction of sp³-hybridized carbons (Fsp3) is 0.200. The van der Waals surface area contributed by atoms with Crippen molar-refractivity contribution in [3.05, 3.63) is 48.0 Å². The summed E-state index contributed by atoms with van der Waals surface area (Å²) < 4.78 is 5.36. The van der Waals surface area contributed by atoms with Crippen LogP contribution < -0.4 is 10.1 Å². The summed E-state index contributed by atoms with van der Waals surface area (Å²) in [6, 6.07) is 12.2. The van der Waals surface area contributed by atoms with Gasteiger partial charge < -0.3 is 20.3 Å². The van der Waals surface area contributed by atoms with Gasteiger partial charge in [-0.1, -0.05) is 0 Å². The maximum atomic E-state index is 9.66. The van der Waals surface area contributed by atoms with Crippen molar-refractivity contribution < 1.29 is 14.9 Å². The maximum absolute atomic E-state index is 9.66. The highest BCUT2D eigenvalue weighted by Gasteiger charge is 2.02. The minimum absolute atomic E-state index is 0.0577. The van der Waals surface area contributed by atoms with Gasteiger partial charge in [0.2, 0.25) is 0 Å². The first kappa shape index (κ1) is 13.1. The Hall–Kier alpha value is -2.36. The van der Waals surface area contributed by atoms with Gasteiger partial charge in [0.25, 0.3) is 0 Å². The molecular formula is C15H17NO3. The third-order valence-corrected chi connectivity index (χ3v) is 2.72. The average molecular weight is 259 g/mol. The molecule has 0 aromatic heterocycles. The summed E-state index contributed by atoms with van der Waals surface area (Å²) in [6.07, 6.45) is 0. The van der Waals surface area contributed by atoms with Crippen molar-refractivity contribution in [2.24, 2.45) is 0 Å². The SMILES string of the molecule is CCOc1ccc(NCc2ccc(O)cc2O)cc1. The molecule has 2 rings (SSSR count). The third kappa shape index (κ3) is 3.55. The van der Waals surface area contributed by atoms with E-state index in [1.807, 2.05) is 31.2 Å². The molecule has 0 aliphatic rings. The molecule has 0 spiro atoms. The third-order valence-electron chi connectivity index (χ3n) is 2.72. The lowest BCUT2D eigenvalue weighted by molar-refractivity contribution is 0.340. The Morgan fingerprint density at radius 3 is 2.42 bits per heavy atom. The van der Waals surface area contributed by atoms with E-state index in [-0.39, 0.29) is 11.5 Å². The minimum atomic E-state index is 0.0577. The molecule has 0 saturated heterocycles. The summed E-state index contributed by atoms with van der Waals surface area (Å²) in [4.78, 5) is 0. The molecule has 2 aromatic rings. The molecular weight excluding hydrogens is 242 g/mol. The van der Waals surface area contributed by atoms with Gasteiger partial charge in [-0.3, -0.25) is 0 Å². The van der Waals surface area contributed by atoms with Crippen molar-refractivity contribution in [2.75, 3.05) is 11.9 Å². The van der Waals surface area contributed by atoms with Crippen molar-refractivity contribution in [3.63, 3.8) is 0 Å². The summed E-state index contributed by atoms with van der Waals surface area (Å²) in [7, 11) is 0. The first-order chi connectivity index (χ1) is 9.19. The summed E-state index contributed by atoms with van der Waals surface area (Å²) in [5.41, 5.74) is 1.67. The van der Waals surface area contributed by atoms with Crippen LogP contribution in [0.3, 0.4) is 0 Å². The van der Waals surface area contributed by atoms with Crippen LogP contribution in [0.1, 0.15) is 12.5 Å². The lowest BCUT2D eigenvalue weighted by Gasteiger charge is -2.09. The smallest absolute Gasteiger partial charge is 0.124 e. The number of rotatable bonds is 5. The highest BCUT2D eigenvalue weighted by molar-refractivity contribution is 5.48. The van der Waals surface area contributed by atoms with E-state index >= 15 is 0 Å². The zero-order valence-corrected chi connectivity index (χ0v) is 10.8. The van der Waals surface area contributed by atoms with Crippen molar-refractivity contribution in [2.45, 2.75) is 13.5 Å². The van der Waals surface area contributed by atoms with Crippen molar-refractivity contribution >= 4 is 5.69 Å². The van der Waals surface area contributed by atoms with Crippen LogP contribution in [0.15, 0.2) is 42.5 Å². The first-order valence-electron chi connectivity index (χ1n) is 6.16. The molecule has 0 radical (unpaired) electrons. The number of hydrogen-bond donors (Lipinski definition) is 3. The number of aromatic hydroxyl groups is 2. The zero-order chi connectivity index (χ0) is 13.7. The van der Waals surface area contributed by atoms with Crippen LogP contribution in [-0.4, -0.2) is 16.8 Å². The van der Waals surface area contributed by atoms with E-state index in [1.165, 1.54) is 6.07 Å². The quantitative estimate of drug-likeness (QED) is 0.772. The zero-order valence-electron chi connectivity index (χ0n) is 10.8. The van der Waals surface area contributed by atoms with Crippen molar-refractivity contribution in [1.29, 1.82) is 0 Å². The molecule has 19 heavy (non-hydrogen) atoms. The van der Waals surface area contributed by atoms with Gasteiger partial charge in [-0.25, -0.2) is 0 Å². The average Bonchev–Trinajstić information content (AvgIpc) is 2.40. The van der Waals surface area contributed by atoms with Crippen LogP contribution in [-0.2, 0) is 6.54 Å². The summed E-state index contributed by atoms with van der Waals surface area (Å²) >= 11 is 0. The molecule has 0 aliphatic heterocycles. The van der Waals surface area contributed by atoms with E-state index in [2.05, 4.69) is 5.32 Å². The normalized spacial score (nSPS) is 10.2. The van der Waals surface area contributed by atoms with Gasteiger partial charge in [0, 0.05) is 23.9 Å². The van der Waals surface area contributed by atoms with Gasteiger partial charge in [-0.05, 0) is 43.3 Å². The number of nitrogens with one attached hydrogen (secondary N) is 1. The molecule has 0 bridgehead atoms. The van der Waals surface area contributed by atoms with Crippen LogP contribution in [0.5, 0.6) is 17.2 Å². The van der Waals surface area contributed by atoms with Gasteiger partial charge in [0.1, 0.15) is 17.2 Å². The van der Waals surface area contributed by atoms with Gasteiger partial charge in [-0.2, -0.15) is 0 Å². The molecule has 100 valence electrons. The Kier molecular flexibility index (Phi) is 4.13. The molecule has 4 nitrogen and oxygen atoms in total. The van der Waals surface area contributed by atoms with E-state index < -0.39 is 0 Å². The largest absolute Gasteiger partial charge is 0.508 e. The van der Waals surface area contributed by atoms with Gasteiger partial charge >= 0.3 is 0 Å². The Labute approximate surface area is 112 Å².